The van der Waals surface area contributed by atoms with Crippen molar-refractivity contribution in [1.82, 2.24) is 10.9 Å². The van der Waals surface area contributed by atoms with Crippen LogP contribution in [0.4, 0.5) is 4.79 Å². The Balaban J connectivity index is 1.81. The maximum absolute atomic E-state index is 11.7. The van der Waals surface area contributed by atoms with Gasteiger partial charge >= 0.3 is 6.03 Å². The number of carbonyl (C=O) groups excluding carboxylic acids is 1. The highest BCUT2D eigenvalue weighted by Crippen LogP contribution is 2.12. The predicted molar refractivity (Wildman–Crippen MR) is 108 cm³/mol. The Morgan fingerprint density at radius 1 is 0.893 bits per heavy atom. The summed E-state index contributed by atoms with van der Waals surface area (Å²) in [6.07, 6.45) is 13.2. The first kappa shape index (κ1) is 20.1. The molecular formula is C21H18N4O3. The summed E-state index contributed by atoms with van der Waals surface area (Å²) in [6.45, 7) is 0.358. The van der Waals surface area contributed by atoms with Crippen molar-refractivity contribution in [3.05, 3.63) is 59.7 Å². The Morgan fingerprint density at radius 3 is 1.79 bits per heavy atom. The van der Waals surface area contributed by atoms with Crippen LogP contribution in [0.3, 0.4) is 0 Å². The highest BCUT2D eigenvalue weighted by molar-refractivity contribution is 5.84. The number of amides is 2. The van der Waals surface area contributed by atoms with Crippen LogP contribution in [-0.4, -0.2) is 31.7 Å². The van der Waals surface area contributed by atoms with Gasteiger partial charge in [0.05, 0.1) is 12.4 Å². The summed E-state index contributed by atoms with van der Waals surface area (Å²) in [6, 6.07) is 13.6. The summed E-state index contributed by atoms with van der Waals surface area (Å²) in [5.74, 6) is 6.01. The standard InChI is InChI=1S/C21H18N4O3/c1-3-11-27-19-9-5-7-17(13-19)15-22-24-21(26)25-23-16-18-8-6-10-20(14-18)28-12-4-2/h1-2,5-10,13-16H,11-12H2,(H2,24,25,26)/b22-15-,23-16-. The quantitative estimate of drug-likeness (QED) is 0.423. The average molecular weight is 374 g/mol. The third-order valence-corrected chi connectivity index (χ3v) is 3.12. The predicted octanol–water partition coefficient (Wildman–Crippen LogP) is 2.38. The molecule has 0 saturated carbocycles. The van der Waals surface area contributed by atoms with Gasteiger partial charge in [0.15, 0.2) is 0 Å². The van der Waals surface area contributed by atoms with E-state index in [0.717, 1.165) is 11.1 Å². The average Bonchev–Trinajstić information content (AvgIpc) is 2.71. The van der Waals surface area contributed by atoms with Crippen molar-refractivity contribution < 1.29 is 14.3 Å². The van der Waals surface area contributed by atoms with Crippen molar-refractivity contribution >= 4 is 18.5 Å². The van der Waals surface area contributed by atoms with E-state index in [1.165, 1.54) is 12.4 Å². The van der Waals surface area contributed by atoms with Crippen LogP contribution in [0, 0.1) is 24.7 Å². The maximum atomic E-state index is 11.7. The molecule has 0 bridgehead atoms. The highest BCUT2D eigenvalue weighted by atomic mass is 16.5. The fourth-order valence-electron chi connectivity index (χ4n) is 1.98. The van der Waals surface area contributed by atoms with Gasteiger partial charge in [-0.25, -0.2) is 15.6 Å². The minimum Gasteiger partial charge on any atom is -0.481 e. The minimum atomic E-state index is -0.591. The number of hydrogen-bond acceptors (Lipinski definition) is 5. The highest BCUT2D eigenvalue weighted by Gasteiger charge is 1.97. The fourth-order valence-corrected chi connectivity index (χ4v) is 1.98. The van der Waals surface area contributed by atoms with Crippen molar-refractivity contribution in [2.24, 2.45) is 10.2 Å². The second kappa shape index (κ2) is 11.4. The number of hydrogen-bond donors (Lipinski definition) is 2. The lowest BCUT2D eigenvalue weighted by atomic mass is 10.2. The smallest absolute Gasteiger partial charge is 0.355 e. The van der Waals surface area contributed by atoms with Gasteiger partial charge in [0, 0.05) is 0 Å². The van der Waals surface area contributed by atoms with Crippen LogP contribution in [0.5, 0.6) is 11.5 Å². The van der Waals surface area contributed by atoms with E-state index in [-0.39, 0.29) is 13.2 Å². The zero-order chi connectivity index (χ0) is 20.0. The summed E-state index contributed by atoms with van der Waals surface area (Å²) in [5, 5.41) is 7.68. The Bertz CT molecular complexity index is 864. The van der Waals surface area contributed by atoms with Crippen LogP contribution < -0.4 is 20.3 Å². The Kier molecular flexibility index (Phi) is 8.18. The van der Waals surface area contributed by atoms with Gasteiger partial charge in [-0.2, -0.15) is 10.2 Å². The molecule has 0 aliphatic heterocycles. The van der Waals surface area contributed by atoms with Crippen molar-refractivity contribution in [3.63, 3.8) is 0 Å². The van der Waals surface area contributed by atoms with E-state index >= 15 is 0 Å². The first-order valence-corrected chi connectivity index (χ1v) is 8.16. The molecule has 0 saturated heterocycles. The molecule has 140 valence electrons. The van der Waals surface area contributed by atoms with Crippen LogP contribution in [0.1, 0.15) is 11.1 Å². The molecule has 0 atom stereocenters. The molecule has 2 amide bonds. The van der Waals surface area contributed by atoms with Crippen molar-refractivity contribution in [3.8, 4) is 36.2 Å². The molecule has 0 aliphatic rings. The molecule has 2 N–H and O–H groups in total. The molecule has 0 fully saturated rings. The van der Waals surface area contributed by atoms with E-state index in [4.69, 9.17) is 22.3 Å². The number of ether oxygens (including phenoxy) is 2. The van der Waals surface area contributed by atoms with E-state index < -0.39 is 6.03 Å². The third-order valence-electron chi connectivity index (χ3n) is 3.12. The minimum absolute atomic E-state index is 0.179. The van der Waals surface area contributed by atoms with Crippen LogP contribution in [-0.2, 0) is 0 Å². The van der Waals surface area contributed by atoms with Gasteiger partial charge in [0.25, 0.3) is 0 Å². The largest absolute Gasteiger partial charge is 0.481 e. The SMILES string of the molecule is C#CCOc1cccc(/C=N\NC(=O)N/N=C\c2cccc(OCC#C)c2)c1. The number of urea groups is 1. The number of hydrazone groups is 2. The van der Waals surface area contributed by atoms with E-state index in [1.807, 2.05) is 0 Å². The number of terminal acetylenes is 2. The van der Waals surface area contributed by atoms with Crippen LogP contribution in [0.15, 0.2) is 58.7 Å². The Hall–Kier alpha value is -4.23. The summed E-state index contributed by atoms with van der Waals surface area (Å²) in [5.41, 5.74) is 6.09. The molecule has 28 heavy (non-hydrogen) atoms. The molecule has 0 aliphatic carbocycles. The van der Waals surface area contributed by atoms with E-state index in [9.17, 15) is 4.79 Å². The topological polar surface area (TPSA) is 84.3 Å². The normalized spacial score (nSPS) is 10.2. The van der Waals surface area contributed by atoms with Gasteiger partial charge in [-0.3, -0.25) is 0 Å². The summed E-state index contributed by atoms with van der Waals surface area (Å²) >= 11 is 0. The molecule has 0 spiro atoms. The number of nitrogens with one attached hydrogen (secondary N) is 2. The first-order chi connectivity index (χ1) is 13.7. The molecule has 0 heterocycles. The molecule has 0 radical (unpaired) electrons. The molecular weight excluding hydrogens is 356 g/mol. The molecule has 0 aromatic heterocycles. The second-order valence-corrected chi connectivity index (χ2v) is 5.20. The molecule has 0 unspecified atom stereocenters. The number of benzene rings is 2. The zero-order valence-corrected chi connectivity index (χ0v) is 15.0. The van der Waals surface area contributed by atoms with Crippen molar-refractivity contribution in [2.75, 3.05) is 13.2 Å². The number of carbonyl (C=O) groups is 1. The van der Waals surface area contributed by atoms with Gasteiger partial charge in [0.1, 0.15) is 24.7 Å². The monoisotopic (exact) mass is 374 g/mol. The fraction of sp³-hybridized carbons (Fsp3) is 0.0952. The van der Waals surface area contributed by atoms with Gasteiger partial charge in [0.2, 0.25) is 0 Å². The molecule has 7 heteroatoms. The lowest BCUT2D eigenvalue weighted by molar-refractivity contribution is 0.242. The third kappa shape index (κ3) is 7.34. The lowest BCUT2D eigenvalue weighted by Crippen LogP contribution is -2.28. The number of nitrogens with zero attached hydrogens (tertiary/aromatic N) is 2. The van der Waals surface area contributed by atoms with Gasteiger partial charge in [-0.15, -0.1) is 12.8 Å². The zero-order valence-electron chi connectivity index (χ0n) is 15.0. The van der Waals surface area contributed by atoms with Crippen molar-refractivity contribution in [2.45, 2.75) is 0 Å². The molecule has 2 rings (SSSR count). The van der Waals surface area contributed by atoms with E-state index in [1.54, 1.807) is 48.5 Å². The molecule has 2 aromatic rings. The van der Waals surface area contributed by atoms with Gasteiger partial charge < -0.3 is 9.47 Å². The Morgan fingerprint density at radius 2 is 1.36 bits per heavy atom. The maximum Gasteiger partial charge on any atom is 0.355 e. The van der Waals surface area contributed by atoms with Crippen LogP contribution >= 0.6 is 0 Å². The summed E-state index contributed by atoms with van der Waals surface area (Å²) in [7, 11) is 0. The van der Waals surface area contributed by atoms with Crippen molar-refractivity contribution in [1.29, 1.82) is 0 Å². The van der Waals surface area contributed by atoms with Crippen LogP contribution in [0.25, 0.3) is 0 Å². The Labute approximate surface area is 163 Å². The summed E-state index contributed by atoms with van der Waals surface area (Å²) < 4.78 is 10.6. The van der Waals surface area contributed by atoms with E-state index in [2.05, 4.69) is 32.9 Å². The van der Waals surface area contributed by atoms with Gasteiger partial charge in [-0.05, 0) is 35.4 Å². The lowest BCUT2D eigenvalue weighted by Gasteiger charge is -2.03. The van der Waals surface area contributed by atoms with Gasteiger partial charge in [-0.1, -0.05) is 36.1 Å². The number of rotatable bonds is 8. The molecule has 2 aromatic carbocycles. The van der Waals surface area contributed by atoms with Crippen LogP contribution in [0.2, 0.25) is 0 Å². The van der Waals surface area contributed by atoms with E-state index in [0.29, 0.717) is 11.5 Å². The molecule has 7 nitrogen and oxygen atoms in total. The second-order valence-electron chi connectivity index (χ2n) is 5.20. The summed E-state index contributed by atoms with van der Waals surface area (Å²) in [4.78, 5) is 11.7. The first-order valence-electron chi connectivity index (χ1n) is 8.16.